The molecule has 0 aromatic carbocycles. The van der Waals surface area contributed by atoms with Crippen molar-refractivity contribution in [3.05, 3.63) is 24.0 Å². The van der Waals surface area contributed by atoms with Gasteiger partial charge < -0.3 is 15.0 Å². The lowest BCUT2D eigenvalue weighted by Crippen LogP contribution is -2.35. The molecule has 0 saturated heterocycles. The Bertz CT molecular complexity index is 377. The van der Waals surface area contributed by atoms with Crippen molar-refractivity contribution in [3.8, 4) is 0 Å². The van der Waals surface area contributed by atoms with E-state index in [4.69, 9.17) is 0 Å². The van der Waals surface area contributed by atoms with Gasteiger partial charge in [-0.05, 0) is 18.6 Å². The van der Waals surface area contributed by atoms with E-state index in [9.17, 15) is 9.90 Å². The molecule has 1 rings (SSSR count). The highest BCUT2D eigenvalue weighted by molar-refractivity contribution is 5.81. The molecule has 2 N–H and O–H groups in total. The number of nitrogens with one attached hydrogen (secondary N) is 1. The summed E-state index contributed by atoms with van der Waals surface area (Å²) in [6, 6.07) is 3.78. The molecule has 4 heteroatoms. The van der Waals surface area contributed by atoms with E-state index in [1.54, 1.807) is 0 Å². The summed E-state index contributed by atoms with van der Waals surface area (Å²) >= 11 is 0. The molecular formula is C13H22N2O2. The SMILES string of the molecule is Cn1cccc1[C@H](O)CCNC(=O)C(C)(C)C. The van der Waals surface area contributed by atoms with Crippen molar-refractivity contribution in [2.45, 2.75) is 33.3 Å². The van der Waals surface area contributed by atoms with Crippen molar-refractivity contribution in [2.24, 2.45) is 12.5 Å². The smallest absolute Gasteiger partial charge is 0.225 e. The lowest BCUT2D eigenvalue weighted by atomic mass is 9.95. The molecule has 0 aliphatic heterocycles. The second-order valence-corrected chi connectivity index (χ2v) is 5.35. The normalized spacial score (nSPS) is 13.5. The Hall–Kier alpha value is -1.29. The summed E-state index contributed by atoms with van der Waals surface area (Å²) < 4.78 is 1.89. The van der Waals surface area contributed by atoms with Gasteiger partial charge in [0.05, 0.1) is 6.10 Å². The molecule has 4 nitrogen and oxygen atoms in total. The predicted molar refractivity (Wildman–Crippen MR) is 67.5 cm³/mol. The molecule has 0 radical (unpaired) electrons. The zero-order valence-electron chi connectivity index (χ0n) is 11.0. The van der Waals surface area contributed by atoms with Gasteiger partial charge in [-0.2, -0.15) is 0 Å². The number of aliphatic hydroxyl groups is 1. The van der Waals surface area contributed by atoms with Crippen molar-refractivity contribution < 1.29 is 9.90 Å². The number of carbonyl (C=O) groups excluding carboxylic acids is 1. The van der Waals surface area contributed by atoms with E-state index in [2.05, 4.69) is 5.32 Å². The van der Waals surface area contributed by atoms with Crippen LogP contribution in [0.3, 0.4) is 0 Å². The molecular weight excluding hydrogens is 216 g/mol. The lowest BCUT2D eigenvalue weighted by molar-refractivity contribution is -0.128. The van der Waals surface area contributed by atoms with Gasteiger partial charge in [0.25, 0.3) is 0 Å². The van der Waals surface area contributed by atoms with Crippen LogP contribution in [0, 0.1) is 5.41 Å². The second kappa shape index (κ2) is 5.36. The first kappa shape index (κ1) is 13.8. The molecule has 1 aromatic heterocycles. The summed E-state index contributed by atoms with van der Waals surface area (Å²) in [5.41, 5.74) is 0.491. The van der Waals surface area contributed by atoms with Crippen LogP contribution in [0.5, 0.6) is 0 Å². The zero-order valence-corrected chi connectivity index (χ0v) is 11.0. The van der Waals surface area contributed by atoms with Crippen molar-refractivity contribution in [1.82, 2.24) is 9.88 Å². The summed E-state index contributed by atoms with van der Waals surface area (Å²) in [6.45, 7) is 6.10. The monoisotopic (exact) mass is 238 g/mol. The highest BCUT2D eigenvalue weighted by Gasteiger charge is 2.20. The third kappa shape index (κ3) is 3.89. The zero-order chi connectivity index (χ0) is 13.1. The quantitative estimate of drug-likeness (QED) is 0.837. The summed E-state index contributed by atoms with van der Waals surface area (Å²) in [4.78, 5) is 11.6. The van der Waals surface area contributed by atoms with Gasteiger partial charge in [0, 0.05) is 30.9 Å². The number of hydrogen-bond acceptors (Lipinski definition) is 2. The molecule has 0 spiro atoms. The van der Waals surface area contributed by atoms with Crippen molar-refractivity contribution >= 4 is 5.91 Å². The molecule has 17 heavy (non-hydrogen) atoms. The third-order valence-electron chi connectivity index (χ3n) is 2.71. The number of nitrogens with zero attached hydrogens (tertiary/aromatic N) is 1. The van der Waals surface area contributed by atoms with Gasteiger partial charge in [-0.1, -0.05) is 20.8 Å². The summed E-state index contributed by atoms with van der Waals surface area (Å²) in [6.07, 6.45) is 1.89. The fourth-order valence-corrected chi connectivity index (χ4v) is 1.56. The second-order valence-electron chi connectivity index (χ2n) is 5.35. The number of hydrogen-bond donors (Lipinski definition) is 2. The van der Waals surface area contributed by atoms with E-state index in [0.717, 1.165) is 5.69 Å². The Morgan fingerprint density at radius 1 is 1.53 bits per heavy atom. The van der Waals surface area contributed by atoms with Crippen LogP contribution < -0.4 is 5.32 Å². The fraction of sp³-hybridized carbons (Fsp3) is 0.615. The van der Waals surface area contributed by atoms with E-state index < -0.39 is 6.10 Å². The molecule has 1 aromatic rings. The summed E-state index contributed by atoms with van der Waals surface area (Å²) in [5, 5.41) is 12.8. The van der Waals surface area contributed by atoms with Crippen molar-refractivity contribution in [3.63, 3.8) is 0 Å². The highest BCUT2D eigenvalue weighted by Crippen LogP contribution is 2.16. The lowest BCUT2D eigenvalue weighted by Gasteiger charge is -2.18. The first-order valence-corrected chi connectivity index (χ1v) is 5.90. The van der Waals surface area contributed by atoms with Crippen molar-refractivity contribution in [1.29, 1.82) is 0 Å². The molecule has 0 aliphatic carbocycles. The molecule has 0 fully saturated rings. The van der Waals surface area contributed by atoms with Crippen LogP contribution in [0.2, 0.25) is 0 Å². The Balaban J connectivity index is 2.38. The largest absolute Gasteiger partial charge is 0.387 e. The Kier molecular flexibility index (Phi) is 4.34. The Morgan fingerprint density at radius 2 is 2.18 bits per heavy atom. The van der Waals surface area contributed by atoms with Crippen LogP contribution in [0.25, 0.3) is 0 Å². The molecule has 1 atom stereocenters. The number of aromatic nitrogens is 1. The molecule has 0 unspecified atom stereocenters. The number of aliphatic hydroxyl groups excluding tert-OH is 1. The van der Waals surface area contributed by atoms with Gasteiger partial charge in [-0.15, -0.1) is 0 Å². The fourth-order valence-electron chi connectivity index (χ4n) is 1.56. The molecule has 0 aliphatic rings. The first-order chi connectivity index (χ1) is 7.82. The van der Waals surface area contributed by atoms with E-state index in [1.807, 2.05) is 50.7 Å². The number of aryl methyl sites for hydroxylation is 1. The minimum absolute atomic E-state index is 0.0107. The van der Waals surface area contributed by atoms with Gasteiger partial charge in [0.1, 0.15) is 0 Å². The van der Waals surface area contributed by atoms with Gasteiger partial charge in [0.15, 0.2) is 0 Å². The predicted octanol–water partition coefficient (Wildman–Crippen LogP) is 1.61. The van der Waals surface area contributed by atoms with Gasteiger partial charge >= 0.3 is 0 Å². The minimum Gasteiger partial charge on any atom is -0.387 e. The molecule has 1 amide bonds. The van der Waals surface area contributed by atoms with Crippen LogP contribution in [0.1, 0.15) is 39.0 Å². The maximum absolute atomic E-state index is 11.6. The minimum atomic E-state index is -0.532. The topological polar surface area (TPSA) is 54.3 Å². The van der Waals surface area contributed by atoms with Crippen LogP contribution in [-0.2, 0) is 11.8 Å². The van der Waals surface area contributed by atoms with Crippen molar-refractivity contribution in [2.75, 3.05) is 6.54 Å². The van der Waals surface area contributed by atoms with Crippen LogP contribution in [0.15, 0.2) is 18.3 Å². The van der Waals surface area contributed by atoms with E-state index in [1.165, 1.54) is 0 Å². The van der Waals surface area contributed by atoms with Gasteiger partial charge in [-0.3, -0.25) is 4.79 Å². The van der Waals surface area contributed by atoms with Gasteiger partial charge in [0.2, 0.25) is 5.91 Å². The molecule has 1 heterocycles. The summed E-state index contributed by atoms with van der Waals surface area (Å²) in [7, 11) is 1.90. The van der Waals surface area contributed by atoms with Crippen LogP contribution in [-0.4, -0.2) is 22.1 Å². The third-order valence-corrected chi connectivity index (χ3v) is 2.71. The van der Waals surface area contributed by atoms with Crippen LogP contribution in [0.4, 0.5) is 0 Å². The average molecular weight is 238 g/mol. The highest BCUT2D eigenvalue weighted by atomic mass is 16.3. The maximum atomic E-state index is 11.6. The van der Waals surface area contributed by atoms with E-state index in [0.29, 0.717) is 13.0 Å². The van der Waals surface area contributed by atoms with Crippen LogP contribution >= 0.6 is 0 Å². The van der Waals surface area contributed by atoms with E-state index in [-0.39, 0.29) is 11.3 Å². The number of amides is 1. The number of carbonyl (C=O) groups is 1. The Labute approximate surface area is 103 Å². The molecule has 0 saturated carbocycles. The Morgan fingerprint density at radius 3 is 2.65 bits per heavy atom. The maximum Gasteiger partial charge on any atom is 0.225 e. The average Bonchev–Trinajstić information content (AvgIpc) is 2.62. The van der Waals surface area contributed by atoms with Gasteiger partial charge in [-0.25, -0.2) is 0 Å². The molecule has 0 bridgehead atoms. The summed E-state index contributed by atoms with van der Waals surface area (Å²) in [5.74, 6) is 0.0107. The molecule has 96 valence electrons. The standard InChI is InChI=1S/C13H22N2O2/c1-13(2,3)12(17)14-8-7-11(16)10-6-5-9-15(10)4/h5-6,9,11,16H,7-8H2,1-4H3,(H,14,17)/t11-/m1/s1. The first-order valence-electron chi connectivity index (χ1n) is 5.90. The number of rotatable bonds is 4. The van der Waals surface area contributed by atoms with E-state index >= 15 is 0 Å².